The predicted octanol–water partition coefficient (Wildman–Crippen LogP) is 0.421. The lowest BCUT2D eigenvalue weighted by Crippen LogP contribution is -2.31. The Labute approximate surface area is 90.0 Å². The number of aromatic nitrogens is 2. The third-order valence-electron chi connectivity index (χ3n) is 1.79. The molecule has 1 unspecified atom stereocenters. The van der Waals surface area contributed by atoms with Gasteiger partial charge in [0, 0.05) is 18.9 Å². The van der Waals surface area contributed by atoms with Gasteiger partial charge in [0.25, 0.3) is 0 Å². The average Bonchev–Trinajstić information content (AvgIpc) is 2.64. The van der Waals surface area contributed by atoms with E-state index in [2.05, 4.69) is 24.4 Å². The smallest absolute Gasteiger partial charge is 0.0883 e. The van der Waals surface area contributed by atoms with Gasteiger partial charge in [-0.05, 0) is 12.0 Å². The van der Waals surface area contributed by atoms with E-state index in [9.17, 15) is 5.11 Å². The first-order valence-corrected chi connectivity index (χ1v) is 5.18. The van der Waals surface area contributed by atoms with Gasteiger partial charge in [-0.2, -0.15) is 10.6 Å². The molecule has 1 aromatic heterocycles. The van der Waals surface area contributed by atoms with Crippen molar-refractivity contribution in [1.82, 2.24) is 15.3 Å². The van der Waals surface area contributed by atoms with Gasteiger partial charge in [-0.1, -0.05) is 13.8 Å². The molecule has 0 saturated carbocycles. The molecule has 0 aliphatic rings. The summed E-state index contributed by atoms with van der Waals surface area (Å²) < 4.78 is 1.69. The Balaban J connectivity index is 2.06. The van der Waals surface area contributed by atoms with Crippen molar-refractivity contribution in [2.45, 2.75) is 26.5 Å². The van der Waals surface area contributed by atoms with E-state index in [0.29, 0.717) is 25.6 Å². The molecule has 0 amide bonds. The Hall–Kier alpha value is -0.910. The van der Waals surface area contributed by atoms with Crippen LogP contribution in [0, 0.1) is 5.92 Å². The van der Waals surface area contributed by atoms with Crippen molar-refractivity contribution in [2.24, 2.45) is 5.92 Å². The van der Waals surface area contributed by atoms with Gasteiger partial charge in [-0.25, -0.2) is 0 Å². The molecule has 15 heavy (non-hydrogen) atoms. The van der Waals surface area contributed by atoms with Crippen molar-refractivity contribution in [2.75, 3.05) is 13.2 Å². The summed E-state index contributed by atoms with van der Waals surface area (Å²) in [6.07, 6.45) is 3.02. The molecule has 0 radical (unpaired) electrons. The van der Waals surface area contributed by atoms with E-state index in [1.165, 1.54) is 0 Å². The van der Waals surface area contributed by atoms with Crippen LogP contribution in [0.2, 0.25) is 0 Å². The maximum atomic E-state index is 9.58. The zero-order valence-electron chi connectivity index (χ0n) is 9.26. The third-order valence-corrected chi connectivity index (χ3v) is 1.79. The van der Waals surface area contributed by atoms with Gasteiger partial charge in [0.05, 0.1) is 19.3 Å². The van der Waals surface area contributed by atoms with E-state index in [1.807, 2.05) is 12.3 Å². The van der Waals surface area contributed by atoms with Gasteiger partial charge >= 0.3 is 0 Å². The lowest BCUT2D eigenvalue weighted by molar-refractivity contribution is -0.00265. The molecule has 1 aromatic rings. The summed E-state index contributed by atoms with van der Waals surface area (Å²) >= 11 is 0. The maximum Gasteiger partial charge on any atom is 0.0883 e. The van der Waals surface area contributed by atoms with Crippen LogP contribution in [-0.4, -0.2) is 34.1 Å². The molecule has 1 rings (SSSR count). The highest BCUT2D eigenvalue weighted by Gasteiger charge is 2.04. The quantitative estimate of drug-likeness (QED) is 0.509. The molecule has 0 spiro atoms. The molecule has 0 aromatic carbocycles. The lowest BCUT2D eigenvalue weighted by Gasteiger charge is -2.12. The van der Waals surface area contributed by atoms with E-state index in [1.54, 1.807) is 10.9 Å². The molecule has 2 N–H and O–H groups in total. The molecule has 1 atom stereocenters. The van der Waals surface area contributed by atoms with Crippen molar-refractivity contribution in [3.63, 3.8) is 0 Å². The standard InChI is InChI=1S/C10H19N3O2/c1-9(2)8-15-12-6-10(14)7-13-5-3-4-11-13/h3-5,9-10,12,14H,6-8H2,1-2H3. The minimum Gasteiger partial charge on any atom is -0.390 e. The summed E-state index contributed by atoms with van der Waals surface area (Å²) in [5.74, 6) is 0.487. The van der Waals surface area contributed by atoms with Crippen LogP contribution in [0.4, 0.5) is 0 Å². The summed E-state index contributed by atoms with van der Waals surface area (Å²) in [6.45, 7) is 5.68. The number of aliphatic hydroxyl groups excluding tert-OH is 1. The first-order valence-electron chi connectivity index (χ1n) is 5.18. The SMILES string of the molecule is CC(C)CONCC(O)Cn1cccn1. The van der Waals surface area contributed by atoms with Crippen molar-refractivity contribution >= 4 is 0 Å². The molecule has 0 aliphatic carbocycles. The molecular formula is C10H19N3O2. The van der Waals surface area contributed by atoms with Crippen molar-refractivity contribution in [3.8, 4) is 0 Å². The highest BCUT2D eigenvalue weighted by Crippen LogP contribution is 1.92. The van der Waals surface area contributed by atoms with Gasteiger partial charge in [0.15, 0.2) is 0 Å². The number of hydroxylamine groups is 1. The summed E-state index contributed by atoms with van der Waals surface area (Å²) in [4.78, 5) is 5.15. The molecule has 5 heteroatoms. The monoisotopic (exact) mass is 213 g/mol. The van der Waals surface area contributed by atoms with Gasteiger partial charge in [-0.15, -0.1) is 0 Å². The van der Waals surface area contributed by atoms with E-state index in [0.717, 1.165) is 0 Å². The number of aliphatic hydroxyl groups is 1. The van der Waals surface area contributed by atoms with E-state index < -0.39 is 6.10 Å². The largest absolute Gasteiger partial charge is 0.390 e. The number of nitrogens with one attached hydrogen (secondary N) is 1. The molecule has 5 nitrogen and oxygen atoms in total. The van der Waals surface area contributed by atoms with Crippen LogP contribution >= 0.6 is 0 Å². The highest BCUT2D eigenvalue weighted by molar-refractivity contribution is 4.78. The second kappa shape index (κ2) is 6.55. The van der Waals surface area contributed by atoms with Crippen LogP contribution in [0.5, 0.6) is 0 Å². The lowest BCUT2D eigenvalue weighted by atomic mass is 10.2. The van der Waals surface area contributed by atoms with Crippen molar-refractivity contribution in [3.05, 3.63) is 18.5 Å². The summed E-state index contributed by atoms with van der Waals surface area (Å²) in [5, 5.41) is 13.6. The molecule has 0 fully saturated rings. The van der Waals surface area contributed by atoms with Crippen LogP contribution in [0.3, 0.4) is 0 Å². The van der Waals surface area contributed by atoms with Gasteiger partial charge in [0.1, 0.15) is 0 Å². The minimum atomic E-state index is -0.489. The zero-order valence-corrected chi connectivity index (χ0v) is 9.26. The van der Waals surface area contributed by atoms with E-state index in [4.69, 9.17) is 4.84 Å². The van der Waals surface area contributed by atoms with Gasteiger partial charge in [-0.3, -0.25) is 4.68 Å². The Bertz CT molecular complexity index is 249. The topological polar surface area (TPSA) is 59.3 Å². The van der Waals surface area contributed by atoms with Crippen molar-refractivity contribution < 1.29 is 9.94 Å². The van der Waals surface area contributed by atoms with Crippen LogP contribution < -0.4 is 5.48 Å². The third kappa shape index (κ3) is 5.51. The molecular weight excluding hydrogens is 194 g/mol. The number of rotatable bonds is 7. The van der Waals surface area contributed by atoms with E-state index in [-0.39, 0.29) is 0 Å². The van der Waals surface area contributed by atoms with Crippen LogP contribution in [0.1, 0.15) is 13.8 Å². The minimum absolute atomic E-state index is 0.409. The number of hydrogen-bond acceptors (Lipinski definition) is 4. The fourth-order valence-electron chi connectivity index (χ4n) is 1.07. The van der Waals surface area contributed by atoms with Gasteiger partial charge in [0.2, 0.25) is 0 Å². The predicted molar refractivity (Wildman–Crippen MR) is 57.0 cm³/mol. The number of hydrogen-bond donors (Lipinski definition) is 2. The van der Waals surface area contributed by atoms with Gasteiger partial charge < -0.3 is 9.94 Å². The molecule has 0 bridgehead atoms. The Kier molecular flexibility index (Phi) is 5.31. The average molecular weight is 213 g/mol. The first-order chi connectivity index (χ1) is 7.18. The Morgan fingerprint density at radius 3 is 2.93 bits per heavy atom. The zero-order chi connectivity index (χ0) is 11.1. The summed E-state index contributed by atoms with van der Waals surface area (Å²) in [7, 11) is 0. The van der Waals surface area contributed by atoms with E-state index >= 15 is 0 Å². The highest BCUT2D eigenvalue weighted by atomic mass is 16.6. The first kappa shape index (κ1) is 12.2. The van der Waals surface area contributed by atoms with Crippen LogP contribution in [-0.2, 0) is 11.4 Å². The summed E-state index contributed by atoms with van der Waals surface area (Å²) in [6, 6.07) is 1.83. The normalized spacial score (nSPS) is 13.3. The maximum absolute atomic E-state index is 9.58. The fourth-order valence-corrected chi connectivity index (χ4v) is 1.07. The molecule has 1 heterocycles. The Morgan fingerprint density at radius 2 is 2.33 bits per heavy atom. The van der Waals surface area contributed by atoms with Crippen LogP contribution in [0.25, 0.3) is 0 Å². The molecule has 0 saturated heterocycles. The second-order valence-corrected chi connectivity index (χ2v) is 3.94. The second-order valence-electron chi connectivity index (χ2n) is 3.94. The van der Waals surface area contributed by atoms with Crippen LogP contribution in [0.15, 0.2) is 18.5 Å². The number of nitrogens with zero attached hydrogens (tertiary/aromatic N) is 2. The summed E-state index contributed by atoms with van der Waals surface area (Å²) in [5.41, 5.74) is 2.74. The molecule has 86 valence electrons. The molecule has 0 aliphatic heterocycles. The van der Waals surface area contributed by atoms with Crippen molar-refractivity contribution in [1.29, 1.82) is 0 Å². The Morgan fingerprint density at radius 1 is 1.53 bits per heavy atom. The fraction of sp³-hybridized carbons (Fsp3) is 0.700.